The first-order valence-corrected chi connectivity index (χ1v) is 5.19. The van der Waals surface area contributed by atoms with Gasteiger partial charge in [0, 0.05) is 13.7 Å². The van der Waals surface area contributed by atoms with Crippen LogP contribution in [-0.4, -0.2) is 28.9 Å². The highest BCUT2D eigenvalue weighted by atomic mass is 28.4. The first-order valence-electron chi connectivity index (χ1n) is 2.96. The molecule has 0 aliphatic carbocycles. The number of halogens is 5. The van der Waals surface area contributed by atoms with Crippen LogP contribution in [0.25, 0.3) is 0 Å². The van der Waals surface area contributed by atoms with Crippen LogP contribution >= 0.6 is 0 Å². The first kappa shape index (κ1) is 12.7. The van der Waals surface area contributed by atoms with Crippen molar-refractivity contribution in [1.82, 2.24) is 0 Å². The topological polar surface area (TPSA) is 27.7 Å². The molecule has 0 saturated heterocycles. The standard InChI is InChI=1S/C4H7F5O3Si/c1-10-13(2,11-3(5)6)12-4(7,8)9/h3H,1-2H3. The third-order valence-electron chi connectivity index (χ3n) is 0.975. The molecule has 9 heteroatoms. The molecule has 1 unspecified atom stereocenters. The lowest BCUT2D eigenvalue weighted by atomic mass is 11.4. The Morgan fingerprint density at radius 2 is 1.69 bits per heavy atom. The van der Waals surface area contributed by atoms with Crippen molar-refractivity contribution in [3.63, 3.8) is 0 Å². The molecule has 0 spiro atoms. The first-order chi connectivity index (χ1) is 5.68. The molecule has 0 heterocycles. The summed E-state index contributed by atoms with van der Waals surface area (Å²) in [6.45, 7) is -2.65. The van der Waals surface area contributed by atoms with E-state index in [1.807, 2.05) is 0 Å². The monoisotopic (exact) mass is 226 g/mol. The summed E-state index contributed by atoms with van der Waals surface area (Å²) in [6.07, 6.45) is -5.05. The Labute approximate surface area is 71.8 Å². The number of hydrogen-bond donors (Lipinski definition) is 0. The summed E-state index contributed by atoms with van der Waals surface area (Å²) >= 11 is 0. The van der Waals surface area contributed by atoms with E-state index in [9.17, 15) is 22.0 Å². The third kappa shape index (κ3) is 5.91. The molecule has 0 bridgehead atoms. The van der Waals surface area contributed by atoms with Gasteiger partial charge in [-0.3, -0.25) is 4.43 Å². The molecule has 0 saturated carbocycles. The van der Waals surface area contributed by atoms with Gasteiger partial charge in [-0.1, -0.05) is 0 Å². The maximum atomic E-state index is 11.6. The Morgan fingerprint density at radius 3 is 1.92 bits per heavy atom. The second kappa shape index (κ2) is 4.31. The minimum absolute atomic E-state index is 0.715. The second-order valence-electron chi connectivity index (χ2n) is 1.99. The van der Waals surface area contributed by atoms with Crippen LogP contribution in [0.2, 0.25) is 6.55 Å². The second-order valence-corrected chi connectivity index (χ2v) is 4.57. The van der Waals surface area contributed by atoms with Gasteiger partial charge in [0.1, 0.15) is 0 Å². The lowest BCUT2D eigenvalue weighted by molar-refractivity contribution is -0.301. The highest BCUT2D eigenvalue weighted by Gasteiger charge is 2.48. The normalized spacial score (nSPS) is 17.5. The summed E-state index contributed by atoms with van der Waals surface area (Å²) < 4.78 is 69.0. The molecule has 80 valence electrons. The van der Waals surface area contributed by atoms with E-state index in [1.165, 1.54) is 0 Å². The molecule has 0 rings (SSSR count). The predicted octanol–water partition coefficient (Wildman–Crippen LogP) is 1.98. The van der Waals surface area contributed by atoms with Crippen molar-refractivity contribution in [3.05, 3.63) is 0 Å². The Bertz CT molecular complexity index is 162. The van der Waals surface area contributed by atoms with Crippen molar-refractivity contribution in [1.29, 1.82) is 0 Å². The fourth-order valence-corrected chi connectivity index (χ4v) is 1.46. The van der Waals surface area contributed by atoms with Crippen LogP contribution in [0.15, 0.2) is 0 Å². The van der Waals surface area contributed by atoms with Gasteiger partial charge >= 0.3 is 21.8 Å². The highest BCUT2D eigenvalue weighted by molar-refractivity contribution is 6.59. The molecular formula is C4H7F5O3Si. The van der Waals surface area contributed by atoms with Gasteiger partial charge in [-0.15, -0.1) is 13.2 Å². The number of hydrogen-bond acceptors (Lipinski definition) is 3. The predicted molar refractivity (Wildman–Crippen MR) is 32.9 cm³/mol. The quantitative estimate of drug-likeness (QED) is 0.542. The third-order valence-corrected chi connectivity index (χ3v) is 2.93. The van der Waals surface area contributed by atoms with Crippen molar-refractivity contribution in [2.24, 2.45) is 0 Å². The summed E-state index contributed by atoms with van der Waals surface area (Å²) in [7, 11) is -3.49. The molecule has 0 aliphatic heterocycles. The molecule has 0 radical (unpaired) electrons. The minimum atomic E-state index is -5.05. The summed E-state index contributed by atoms with van der Waals surface area (Å²) in [5.74, 6) is 0. The molecule has 0 aromatic rings. The molecule has 3 nitrogen and oxygen atoms in total. The SMILES string of the molecule is CO[Si](C)(OC(F)F)OC(F)(F)F. The minimum Gasteiger partial charge on any atom is -0.377 e. The van der Waals surface area contributed by atoms with Crippen LogP contribution in [-0.2, 0) is 13.3 Å². The Balaban J connectivity index is 4.28. The van der Waals surface area contributed by atoms with Crippen LogP contribution in [0.5, 0.6) is 0 Å². The molecule has 0 fully saturated rings. The van der Waals surface area contributed by atoms with Crippen LogP contribution in [0, 0.1) is 0 Å². The summed E-state index contributed by atoms with van der Waals surface area (Å²) in [5.41, 5.74) is 0. The van der Waals surface area contributed by atoms with E-state index < -0.39 is 21.8 Å². The van der Waals surface area contributed by atoms with E-state index in [0.717, 1.165) is 7.11 Å². The fraction of sp³-hybridized carbons (Fsp3) is 1.00. The fourth-order valence-electron chi connectivity index (χ4n) is 0.486. The lowest BCUT2D eigenvalue weighted by Crippen LogP contribution is -2.46. The van der Waals surface area contributed by atoms with Gasteiger partial charge in [-0.2, -0.15) is 8.78 Å². The van der Waals surface area contributed by atoms with Crippen molar-refractivity contribution < 1.29 is 35.2 Å². The highest BCUT2D eigenvalue weighted by Crippen LogP contribution is 2.25. The van der Waals surface area contributed by atoms with E-state index in [4.69, 9.17) is 0 Å². The molecule has 0 amide bonds. The van der Waals surface area contributed by atoms with Gasteiger partial charge in [-0.05, 0) is 0 Å². The molecule has 0 aliphatic rings. The Morgan fingerprint density at radius 1 is 1.23 bits per heavy atom. The van der Waals surface area contributed by atoms with Crippen LogP contribution in [0.3, 0.4) is 0 Å². The van der Waals surface area contributed by atoms with E-state index in [1.54, 1.807) is 0 Å². The summed E-state index contributed by atoms with van der Waals surface area (Å²) in [4.78, 5) is 0. The van der Waals surface area contributed by atoms with Crippen LogP contribution < -0.4 is 0 Å². The van der Waals surface area contributed by atoms with E-state index in [2.05, 4.69) is 13.3 Å². The maximum Gasteiger partial charge on any atom is 0.516 e. The smallest absolute Gasteiger partial charge is 0.377 e. The Kier molecular flexibility index (Phi) is 4.22. The van der Waals surface area contributed by atoms with Gasteiger partial charge in [0.2, 0.25) is 0 Å². The zero-order chi connectivity index (χ0) is 10.7. The molecule has 1 atom stereocenters. The van der Waals surface area contributed by atoms with E-state index >= 15 is 0 Å². The molecule has 0 N–H and O–H groups in total. The van der Waals surface area contributed by atoms with Gasteiger partial charge in [0.05, 0.1) is 0 Å². The summed E-state index contributed by atoms with van der Waals surface area (Å²) in [5, 5.41) is 0. The van der Waals surface area contributed by atoms with E-state index in [-0.39, 0.29) is 0 Å². The van der Waals surface area contributed by atoms with Crippen molar-refractivity contribution >= 4 is 8.80 Å². The van der Waals surface area contributed by atoms with Crippen molar-refractivity contribution in [2.45, 2.75) is 19.5 Å². The molecule has 0 aromatic carbocycles. The average Bonchev–Trinajstić information content (AvgIpc) is 1.81. The van der Waals surface area contributed by atoms with Crippen LogP contribution in [0.4, 0.5) is 22.0 Å². The largest absolute Gasteiger partial charge is 0.516 e. The molecule has 0 aromatic heterocycles. The average molecular weight is 226 g/mol. The molecular weight excluding hydrogens is 219 g/mol. The zero-order valence-corrected chi connectivity index (χ0v) is 7.69. The summed E-state index contributed by atoms with van der Waals surface area (Å²) in [6, 6.07) is 0. The Hall–Kier alpha value is -0.253. The van der Waals surface area contributed by atoms with Gasteiger partial charge < -0.3 is 8.85 Å². The van der Waals surface area contributed by atoms with Gasteiger partial charge in [0.15, 0.2) is 0 Å². The number of rotatable bonds is 4. The van der Waals surface area contributed by atoms with E-state index in [0.29, 0.717) is 6.55 Å². The van der Waals surface area contributed by atoms with Crippen molar-refractivity contribution in [3.8, 4) is 0 Å². The van der Waals surface area contributed by atoms with Gasteiger partial charge in [-0.25, -0.2) is 0 Å². The van der Waals surface area contributed by atoms with Gasteiger partial charge in [0.25, 0.3) is 0 Å². The van der Waals surface area contributed by atoms with Crippen LogP contribution in [0.1, 0.15) is 0 Å². The maximum absolute atomic E-state index is 11.6. The number of alkyl halides is 5. The molecule has 13 heavy (non-hydrogen) atoms. The zero-order valence-electron chi connectivity index (χ0n) is 6.69. The lowest BCUT2D eigenvalue weighted by Gasteiger charge is -2.24. The van der Waals surface area contributed by atoms with Crippen molar-refractivity contribution in [2.75, 3.05) is 7.11 Å².